The maximum Gasteiger partial charge on any atom is 0.314 e. The zero-order chi connectivity index (χ0) is 48.1. The average Bonchev–Trinajstić information content (AvgIpc) is 3.62. The predicted molar refractivity (Wildman–Crippen MR) is 226 cm³/mol. The second kappa shape index (κ2) is 18.5. The van der Waals surface area contributed by atoms with Crippen molar-refractivity contribution in [3.8, 4) is 0 Å². The van der Waals surface area contributed by atoms with Crippen molar-refractivity contribution in [2.75, 3.05) is 13.2 Å². The molecule has 4 aliphatic carbocycles. The summed E-state index contributed by atoms with van der Waals surface area (Å²) >= 11 is 0. The summed E-state index contributed by atoms with van der Waals surface area (Å²) in [5, 5.41) is 108. The first-order valence-electron chi connectivity index (χ1n) is 23.7. The van der Waals surface area contributed by atoms with Crippen molar-refractivity contribution in [1.29, 1.82) is 0 Å². The summed E-state index contributed by atoms with van der Waals surface area (Å²) in [4.78, 5) is 28.3. The molecule has 4 heterocycles. The number of hydrogen-bond donors (Lipinski definition) is 10. The minimum Gasteiger partial charge on any atom is -0.462 e. The molecule has 8 fully saturated rings. The van der Waals surface area contributed by atoms with Crippen molar-refractivity contribution in [2.24, 2.45) is 51.8 Å². The molecular weight excluding hydrogens is 868 g/mol. The van der Waals surface area contributed by atoms with Crippen LogP contribution in [0.15, 0.2) is 24.3 Å². The van der Waals surface area contributed by atoms with Crippen molar-refractivity contribution in [2.45, 2.75) is 190 Å². The number of aliphatic hydroxyl groups is 10. The van der Waals surface area contributed by atoms with E-state index < -0.39 is 135 Å². The lowest BCUT2D eigenvalue weighted by Gasteiger charge is -2.69. The van der Waals surface area contributed by atoms with Gasteiger partial charge in [-0.15, -0.1) is 0 Å². The zero-order valence-electron chi connectivity index (χ0n) is 38.4. The van der Waals surface area contributed by atoms with Crippen LogP contribution in [0.1, 0.15) is 86.0 Å². The largest absolute Gasteiger partial charge is 0.462 e. The Morgan fingerprint density at radius 1 is 0.712 bits per heavy atom. The molecule has 19 heteroatoms. The highest BCUT2D eigenvalue weighted by Crippen LogP contribution is 2.75. The van der Waals surface area contributed by atoms with Gasteiger partial charge in [-0.1, -0.05) is 38.2 Å². The van der Waals surface area contributed by atoms with Crippen LogP contribution < -0.4 is 0 Å². The van der Waals surface area contributed by atoms with Crippen LogP contribution in [-0.2, 0) is 42.7 Å². The Bertz CT molecular complexity index is 1830. The molecule has 4 saturated heterocycles. The van der Waals surface area contributed by atoms with Gasteiger partial charge in [-0.25, -0.2) is 0 Å². The molecule has 0 aromatic carbocycles. The summed E-state index contributed by atoms with van der Waals surface area (Å²) in [5.41, 5.74) is 0.0605. The quantitative estimate of drug-likeness (QED) is 0.0958. The fourth-order valence-corrected chi connectivity index (χ4v) is 14.3. The van der Waals surface area contributed by atoms with Gasteiger partial charge >= 0.3 is 11.9 Å². The molecule has 4 aliphatic heterocycles. The van der Waals surface area contributed by atoms with Crippen molar-refractivity contribution in [1.82, 2.24) is 0 Å². The summed E-state index contributed by atoms with van der Waals surface area (Å²) < 4.78 is 40.9. The Labute approximate surface area is 384 Å². The molecule has 0 aromatic heterocycles. The molecule has 0 bridgehead atoms. The third kappa shape index (κ3) is 8.02. The van der Waals surface area contributed by atoms with Crippen molar-refractivity contribution >= 4 is 11.9 Å². The van der Waals surface area contributed by atoms with Gasteiger partial charge in [-0.05, 0) is 106 Å². The normalized spacial score (nSPS) is 53.6. The lowest BCUT2D eigenvalue weighted by atomic mass is 9.35. The first-order valence-corrected chi connectivity index (χ1v) is 23.7. The average molecular weight is 941 g/mol. The zero-order valence-corrected chi connectivity index (χ0v) is 38.4. The van der Waals surface area contributed by atoms with Crippen LogP contribution in [0.2, 0.25) is 0 Å². The van der Waals surface area contributed by atoms with Gasteiger partial charge in [0.25, 0.3) is 0 Å². The fraction of sp³-hybridized carbons (Fsp3) is 0.872. The van der Waals surface area contributed by atoms with Crippen LogP contribution in [0.3, 0.4) is 0 Å². The van der Waals surface area contributed by atoms with Crippen LogP contribution >= 0.6 is 0 Å². The Kier molecular flexibility index (Phi) is 14.1. The number of carbonyl (C=O) groups is 2. The number of rotatable bonds is 10. The number of carbonyl (C=O) groups excluding carboxylic acids is 2. The Morgan fingerprint density at radius 2 is 1.33 bits per heavy atom. The number of allylic oxidation sites excluding steroid dienone is 2. The lowest BCUT2D eigenvalue weighted by molar-refractivity contribution is -0.361. The van der Waals surface area contributed by atoms with E-state index in [0.717, 1.165) is 24.0 Å². The second-order valence-corrected chi connectivity index (χ2v) is 21.5. The highest BCUT2D eigenvalue weighted by molar-refractivity contribution is 5.78. The van der Waals surface area contributed by atoms with E-state index in [4.69, 9.17) is 33.2 Å². The molecule has 0 aromatic rings. The molecule has 0 unspecified atom stereocenters. The van der Waals surface area contributed by atoms with Crippen LogP contribution in [0.5, 0.6) is 0 Å². The monoisotopic (exact) mass is 940 g/mol. The third-order valence-corrected chi connectivity index (χ3v) is 18.1. The van der Waals surface area contributed by atoms with Gasteiger partial charge < -0.3 is 84.2 Å². The molecule has 10 N–H and O–H groups in total. The SMILES string of the molecule is C=C(C)[C@@H]1CC[C@]2(C)[C@H]3[C@@H]1[C@H](O)CC(=O)O[C@@H]3C[C@@H]1[C@H]3[C@H](C(=C)C)CC[C@]3(C(=O)O[C@@H]3O[C@H](CO[C@@H]4O[C@H](CO)[C@@H](O[C@@H]5O[C@@H](C)[C@H](O)[C@@H](O)[C@H]5O)[C@H](O)[C@H]4O)[C@@H](O)[C@H](O)[C@H]3O)CC[C@]12C. The van der Waals surface area contributed by atoms with E-state index in [1.807, 2.05) is 13.8 Å². The van der Waals surface area contributed by atoms with E-state index in [0.29, 0.717) is 32.1 Å². The predicted octanol–water partition coefficient (Wildman–Crippen LogP) is -0.685. The summed E-state index contributed by atoms with van der Waals surface area (Å²) in [6, 6.07) is 0. The second-order valence-electron chi connectivity index (χ2n) is 21.5. The third-order valence-electron chi connectivity index (χ3n) is 18.1. The molecule has 66 heavy (non-hydrogen) atoms. The van der Waals surface area contributed by atoms with E-state index in [1.54, 1.807) is 0 Å². The number of esters is 2. The molecule has 374 valence electrons. The molecule has 4 saturated carbocycles. The van der Waals surface area contributed by atoms with Gasteiger partial charge in [-0.3, -0.25) is 9.59 Å². The number of fused-ring (bicyclic) bond motifs is 4. The Hall–Kier alpha value is -2.18. The van der Waals surface area contributed by atoms with Gasteiger partial charge in [0.2, 0.25) is 6.29 Å². The minimum absolute atomic E-state index is 0.0269. The van der Waals surface area contributed by atoms with E-state index in [-0.39, 0.29) is 52.8 Å². The van der Waals surface area contributed by atoms with Crippen LogP contribution in [-0.4, -0.2) is 181 Å². The smallest absolute Gasteiger partial charge is 0.314 e. The van der Waals surface area contributed by atoms with Crippen LogP contribution in [0, 0.1) is 51.8 Å². The lowest BCUT2D eigenvalue weighted by Crippen LogP contribution is -2.67. The van der Waals surface area contributed by atoms with Gasteiger partial charge in [0.15, 0.2) is 12.6 Å². The topological polar surface area (TPSA) is 301 Å². The summed E-state index contributed by atoms with van der Waals surface area (Å²) in [6.07, 6.45) is -21.8. The van der Waals surface area contributed by atoms with E-state index in [1.165, 1.54) is 6.92 Å². The van der Waals surface area contributed by atoms with Crippen molar-refractivity contribution in [3.05, 3.63) is 24.3 Å². The molecule has 19 nitrogen and oxygen atoms in total. The van der Waals surface area contributed by atoms with Gasteiger partial charge in [0.1, 0.15) is 73.2 Å². The Morgan fingerprint density at radius 3 is 2.00 bits per heavy atom. The summed E-state index contributed by atoms with van der Waals surface area (Å²) in [6.45, 7) is 17.1. The fourth-order valence-electron chi connectivity index (χ4n) is 14.3. The molecule has 0 amide bonds. The van der Waals surface area contributed by atoms with E-state index >= 15 is 0 Å². The molecular formula is C47H72O19. The van der Waals surface area contributed by atoms with Gasteiger partial charge in [0, 0.05) is 5.92 Å². The van der Waals surface area contributed by atoms with Crippen LogP contribution in [0.4, 0.5) is 0 Å². The highest BCUT2D eigenvalue weighted by Gasteiger charge is 2.73. The highest BCUT2D eigenvalue weighted by atomic mass is 16.8. The summed E-state index contributed by atoms with van der Waals surface area (Å²) in [7, 11) is 0. The molecule has 26 atom stereocenters. The maximum absolute atomic E-state index is 15.0. The summed E-state index contributed by atoms with van der Waals surface area (Å²) in [5.74, 6) is -1.97. The molecule has 0 radical (unpaired) electrons. The maximum atomic E-state index is 15.0. The minimum atomic E-state index is -1.89. The molecule has 8 aliphatic rings. The van der Waals surface area contributed by atoms with Crippen LogP contribution in [0.25, 0.3) is 0 Å². The van der Waals surface area contributed by atoms with Crippen molar-refractivity contribution < 1.29 is 93.8 Å². The van der Waals surface area contributed by atoms with Crippen molar-refractivity contribution in [3.63, 3.8) is 0 Å². The van der Waals surface area contributed by atoms with E-state index in [2.05, 4.69) is 27.0 Å². The Balaban J connectivity index is 0.989. The van der Waals surface area contributed by atoms with E-state index in [9.17, 15) is 60.7 Å². The number of aliphatic hydroxyl groups excluding tert-OH is 10. The molecule has 0 spiro atoms. The first-order chi connectivity index (χ1) is 31.0. The molecule has 8 rings (SSSR count). The van der Waals surface area contributed by atoms with Gasteiger partial charge in [0.05, 0.1) is 37.3 Å². The standard InChI is InChI=1S/C47H72O19/c1-18(2)21-8-10-46(7)31-25(62-28(50)15-24(49)29(21)31)14-23-30-22(19(3)4)9-11-47(30,13-12-45(23,46)6)44(59)66-43-38(57)35(54)33(52)27(64-43)17-60-41-39(58)36(55)40(26(16-48)63-41)65-42-37(56)34(53)32(51)20(5)61-42/h20-27,29-43,48-49,51-58H,1,3,8-17H2,2,4-7H3/t20-,21-,22-,23+,24+,25+,26+,27+,29-,30+,31+,32-,33+,34+,35-,36+,37+,38+,39+,40+,41+,42-,43-,45+,46+,47-/m0/s1. The number of hydrogen-bond acceptors (Lipinski definition) is 19. The number of ether oxygens (including phenoxy) is 7. The van der Waals surface area contributed by atoms with Gasteiger partial charge in [-0.2, -0.15) is 0 Å². The first kappa shape index (κ1) is 50.2.